The Morgan fingerprint density at radius 3 is 2.31 bits per heavy atom. The Morgan fingerprint density at radius 1 is 1.08 bits per heavy atom. The highest BCUT2D eigenvalue weighted by atomic mass is 16.1. The minimum Gasteiger partial charge on any atom is -0.350 e. The average molecular weight is 348 g/mol. The van der Waals surface area contributed by atoms with Gasteiger partial charge in [-0.25, -0.2) is 0 Å². The Hall–Kier alpha value is -2.92. The molecule has 5 nitrogen and oxygen atoms in total. The van der Waals surface area contributed by atoms with Crippen molar-refractivity contribution in [3.63, 3.8) is 0 Å². The molecule has 0 aliphatic rings. The second-order valence-electron chi connectivity index (χ2n) is 6.58. The van der Waals surface area contributed by atoms with Gasteiger partial charge in [0.25, 0.3) is 5.91 Å². The molecule has 1 N–H and O–H groups in total. The molecular formula is C21H24N4O. The van der Waals surface area contributed by atoms with Gasteiger partial charge in [-0.3, -0.25) is 9.48 Å². The summed E-state index contributed by atoms with van der Waals surface area (Å²) in [6, 6.07) is 17.9. The fourth-order valence-electron chi connectivity index (χ4n) is 2.95. The fraction of sp³-hybridized carbons (Fsp3) is 0.238. The van der Waals surface area contributed by atoms with Gasteiger partial charge in [0.2, 0.25) is 0 Å². The van der Waals surface area contributed by atoms with E-state index >= 15 is 0 Å². The molecule has 0 fully saturated rings. The van der Waals surface area contributed by atoms with Crippen LogP contribution in [0.25, 0.3) is 11.1 Å². The summed E-state index contributed by atoms with van der Waals surface area (Å²) in [7, 11) is 5.89. The molecule has 3 rings (SSSR count). The molecule has 3 aromatic rings. The maximum Gasteiger partial charge on any atom is 0.251 e. The molecule has 1 amide bonds. The molecule has 1 atom stereocenters. The number of hydrogen-bond acceptors (Lipinski definition) is 3. The Bertz CT molecular complexity index is 853. The first-order chi connectivity index (χ1) is 12.5. The summed E-state index contributed by atoms with van der Waals surface area (Å²) >= 11 is 0. The standard InChI is InChI=1S/C21H24N4O/c1-24(2)20(19-13-23-25(3)15-19)14-22-21(26)18-11-9-17(10-12-18)16-7-5-4-6-8-16/h4-13,15,20H,14H2,1-3H3,(H,22,26)/t20-/m0/s1. The first kappa shape index (κ1) is 17.9. The van der Waals surface area contributed by atoms with Crippen LogP contribution >= 0.6 is 0 Å². The van der Waals surface area contributed by atoms with Crippen molar-refractivity contribution in [1.29, 1.82) is 0 Å². The van der Waals surface area contributed by atoms with Gasteiger partial charge in [0.05, 0.1) is 12.2 Å². The van der Waals surface area contributed by atoms with Crippen LogP contribution in [0, 0.1) is 0 Å². The summed E-state index contributed by atoms with van der Waals surface area (Å²) in [4.78, 5) is 14.6. The number of likely N-dealkylation sites (N-methyl/N-ethyl adjacent to an activating group) is 1. The lowest BCUT2D eigenvalue weighted by molar-refractivity contribution is 0.0942. The van der Waals surface area contributed by atoms with Crippen molar-refractivity contribution in [3.05, 3.63) is 78.1 Å². The lowest BCUT2D eigenvalue weighted by Crippen LogP contribution is -2.34. The average Bonchev–Trinajstić information content (AvgIpc) is 3.08. The Balaban J connectivity index is 1.66. The molecule has 26 heavy (non-hydrogen) atoms. The summed E-state index contributed by atoms with van der Waals surface area (Å²) in [6.45, 7) is 0.526. The van der Waals surface area contributed by atoms with E-state index in [9.17, 15) is 4.79 Å². The van der Waals surface area contributed by atoms with Crippen molar-refractivity contribution in [2.45, 2.75) is 6.04 Å². The first-order valence-electron chi connectivity index (χ1n) is 8.63. The molecule has 134 valence electrons. The molecule has 0 bridgehead atoms. The molecule has 0 aliphatic carbocycles. The number of amides is 1. The molecular weight excluding hydrogens is 324 g/mol. The Morgan fingerprint density at radius 2 is 1.73 bits per heavy atom. The number of aryl methyl sites for hydroxylation is 1. The van der Waals surface area contributed by atoms with Gasteiger partial charge in [0.15, 0.2) is 0 Å². The third-order valence-electron chi connectivity index (χ3n) is 4.44. The van der Waals surface area contributed by atoms with E-state index in [0.717, 1.165) is 16.7 Å². The Labute approximate surface area is 154 Å². The van der Waals surface area contributed by atoms with E-state index in [1.807, 2.05) is 76.0 Å². The maximum absolute atomic E-state index is 12.5. The molecule has 0 saturated carbocycles. The van der Waals surface area contributed by atoms with Crippen LogP contribution < -0.4 is 5.32 Å². The molecule has 0 unspecified atom stereocenters. The summed E-state index contributed by atoms with van der Waals surface area (Å²) in [5.74, 6) is -0.0691. The molecule has 1 heterocycles. The minimum absolute atomic E-state index is 0.0691. The highest BCUT2D eigenvalue weighted by Gasteiger charge is 2.17. The van der Waals surface area contributed by atoms with E-state index in [1.165, 1.54) is 0 Å². The van der Waals surface area contributed by atoms with Crippen molar-refractivity contribution in [3.8, 4) is 11.1 Å². The van der Waals surface area contributed by atoms with Gasteiger partial charge in [-0.15, -0.1) is 0 Å². The number of hydrogen-bond donors (Lipinski definition) is 1. The van der Waals surface area contributed by atoms with Crippen LogP contribution in [0.2, 0.25) is 0 Å². The number of benzene rings is 2. The molecule has 0 saturated heterocycles. The number of nitrogens with zero attached hydrogens (tertiary/aromatic N) is 3. The van der Waals surface area contributed by atoms with Crippen LogP contribution in [-0.2, 0) is 7.05 Å². The molecule has 0 spiro atoms. The quantitative estimate of drug-likeness (QED) is 0.745. The third kappa shape index (κ3) is 4.18. The second kappa shape index (κ2) is 7.97. The zero-order chi connectivity index (χ0) is 18.5. The third-order valence-corrected chi connectivity index (χ3v) is 4.44. The highest BCUT2D eigenvalue weighted by molar-refractivity contribution is 5.94. The lowest BCUT2D eigenvalue weighted by Gasteiger charge is -2.23. The second-order valence-corrected chi connectivity index (χ2v) is 6.58. The molecule has 0 aliphatic heterocycles. The number of carbonyl (C=O) groups is 1. The number of rotatable bonds is 6. The zero-order valence-electron chi connectivity index (χ0n) is 15.4. The van der Waals surface area contributed by atoms with Crippen LogP contribution in [-0.4, -0.2) is 41.2 Å². The van der Waals surface area contributed by atoms with Crippen molar-refractivity contribution in [2.24, 2.45) is 7.05 Å². The van der Waals surface area contributed by atoms with E-state index in [-0.39, 0.29) is 11.9 Å². The minimum atomic E-state index is -0.0691. The fourth-order valence-corrected chi connectivity index (χ4v) is 2.95. The van der Waals surface area contributed by atoms with Crippen molar-refractivity contribution >= 4 is 5.91 Å². The SMILES string of the molecule is CN(C)[C@@H](CNC(=O)c1ccc(-c2ccccc2)cc1)c1cnn(C)c1. The summed E-state index contributed by atoms with van der Waals surface area (Å²) < 4.78 is 1.77. The number of aromatic nitrogens is 2. The van der Waals surface area contributed by atoms with Gasteiger partial charge >= 0.3 is 0 Å². The zero-order valence-corrected chi connectivity index (χ0v) is 15.4. The maximum atomic E-state index is 12.5. The largest absolute Gasteiger partial charge is 0.350 e. The van der Waals surface area contributed by atoms with Crippen LogP contribution in [0.3, 0.4) is 0 Å². The number of carbonyl (C=O) groups excluding carboxylic acids is 1. The van der Waals surface area contributed by atoms with Crippen LogP contribution in [0.15, 0.2) is 67.0 Å². The van der Waals surface area contributed by atoms with Crippen molar-refractivity contribution < 1.29 is 4.79 Å². The molecule has 2 aromatic carbocycles. The van der Waals surface area contributed by atoms with Gasteiger partial charge in [-0.1, -0.05) is 42.5 Å². The van der Waals surface area contributed by atoms with Crippen LogP contribution in [0.1, 0.15) is 22.0 Å². The van der Waals surface area contributed by atoms with E-state index < -0.39 is 0 Å². The summed E-state index contributed by atoms with van der Waals surface area (Å²) in [6.07, 6.45) is 3.82. The van der Waals surface area contributed by atoms with E-state index in [2.05, 4.69) is 27.4 Å². The summed E-state index contributed by atoms with van der Waals surface area (Å²) in [5.41, 5.74) is 3.98. The van der Waals surface area contributed by atoms with E-state index in [1.54, 1.807) is 4.68 Å². The van der Waals surface area contributed by atoms with Gasteiger partial charge in [0.1, 0.15) is 0 Å². The van der Waals surface area contributed by atoms with Gasteiger partial charge in [-0.05, 0) is 37.4 Å². The number of nitrogens with one attached hydrogen (secondary N) is 1. The van der Waals surface area contributed by atoms with Crippen LogP contribution in [0.5, 0.6) is 0 Å². The van der Waals surface area contributed by atoms with Crippen LogP contribution in [0.4, 0.5) is 0 Å². The Kier molecular flexibility index (Phi) is 5.49. The predicted octanol–water partition coefficient (Wildman–Crippen LogP) is 3.12. The van der Waals surface area contributed by atoms with Gasteiger partial charge in [-0.2, -0.15) is 5.10 Å². The monoisotopic (exact) mass is 348 g/mol. The predicted molar refractivity (Wildman–Crippen MR) is 104 cm³/mol. The molecule has 1 aromatic heterocycles. The lowest BCUT2D eigenvalue weighted by atomic mass is 10.0. The van der Waals surface area contributed by atoms with Gasteiger partial charge < -0.3 is 10.2 Å². The highest BCUT2D eigenvalue weighted by Crippen LogP contribution is 2.20. The van der Waals surface area contributed by atoms with Gasteiger partial charge in [0, 0.05) is 30.9 Å². The topological polar surface area (TPSA) is 50.2 Å². The van der Waals surface area contributed by atoms with E-state index in [4.69, 9.17) is 0 Å². The first-order valence-corrected chi connectivity index (χ1v) is 8.63. The van der Waals surface area contributed by atoms with Crippen molar-refractivity contribution in [2.75, 3.05) is 20.6 Å². The summed E-state index contributed by atoms with van der Waals surface area (Å²) in [5, 5.41) is 7.25. The van der Waals surface area contributed by atoms with E-state index in [0.29, 0.717) is 12.1 Å². The molecule has 5 heteroatoms. The van der Waals surface area contributed by atoms with Crippen molar-refractivity contribution in [1.82, 2.24) is 20.0 Å². The smallest absolute Gasteiger partial charge is 0.251 e. The normalized spacial score (nSPS) is 12.2. The molecule has 0 radical (unpaired) electrons.